The van der Waals surface area contributed by atoms with Crippen LogP contribution < -0.4 is 11.1 Å². The number of hydrogen-bond acceptors (Lipinski definition) is 3. The maximum absolute atomic E-state index is 12.2. The summed E-state index contributed by atoms with van der Waals surface area (Å²) in [6.07, 6.45) is 4.50. The number of nitrogens with two attached hydrogens (primary N) is 1. The van der Waals surface area contributed by atoms with E-state index in [2.05, 4.69) is 26.1 Å². The van der Waals surface area contributed by atoms with Crippen molar-refractivity contribution in [2.75, 3.05) is 19.8 Å². The van der Waals surface area contributed by atoms with E-state index in [9.17, 15) is 4.79 Å². The molecule has 0 aromatic heterocycles. The Bertz CT molecular complexity index is 261. The summed E-state index contributed by atoms with van der Waals surface area (Å²) in [5, 5.41) is 3.07. The molecule has 1 heterocycles. The molecule has 106 valence electrons. The van der Waals surface area contributed by atoms with Crippen molar-refractivity contribution in [3.63, 3.8) is 0 Å². The Morgan fingerprint density at radius 2 is 1.72 bits per heavy atom. The van der Waals surface area contributed by atoms with Gasteiger partial charge < -0.3 is 15.8 Å². The van der Waals surface area contributed by atoms with E-state index in [4.69, 9.17) is 10.5 Å². The highest BCUT2D eigenvalue weighted by Crippen LogP contribution is 2.29. The lowest BCUT2D eigenvalue weighted by atomic mass is 9.79. The molecule has 1 aliphatic heterocycles. The van der Waals surface area contributed by atoms with Crippen LogP contribution in [0, 0.1) is 5.41 Å². The molecule has 0 unspecified atom stereocenters. The molecular formula is C14H28N2O2. The molecule has 1 aliphatic rings. The number of carbonyl (C=O) groups is 1. The normalized spacial score (nSPS) is 19.6. The van der Waals surface area contributed by atoms with Crippen molar-refractivity contribution in [3.05, 3.63) is 0 Å². The number of amides is 1. The lowest BCUT2D eigenvalue weighted by Crippen LogP contribution is -2.58. The molecule has 0 aromatic carbocycles. The molecule has 4 nitrogen and oxygen atoms in total. The molecule has 1 fully saturated rings. The minimum atomic E-state index is -0.723. The van der Waals surface area contributed by atoms with Crippen molar-refractivity contribution >= 4 is 5.91 Å². The summed E-state index contributed by atoms with van der Waals surface area (Å²) in [7, 11) is 0. The fourth-order valence-electron chi connectivity index (χ4n) is 2.53. The molecule has 0 bridgehead atoms. The smallest absolute Gasteiger partial charge is 0.240 e. The number of nitrogens with one attached hydrogen (secondary N) is 1. The van der Waals surface area contributed by atoms with Crippen molar-refractivity contribution in [3.8, 4) is 0 Å². The van der Waals surface area contributed by atoms with Gasteiger partial charge in [-0.25, -0.2) is 0 Å². The van der Waals surface area contributed by atoms with Gasteiger partial charge in [0, 0.05) is 19.8 Å². The minimum absolute atomic E-state index is 0.00877. The standard InChI is InChI=1S/C14H28N2O2/c1-4-13(5-2,6-3)11-16-12(17)14(15)7-9-18-10-8-14/h4-11,15H2,1-3H3,(H,16,17). The molecule has 3 N–H and O–H groups in total. The Balaban J connectivity index is 2.54. The van der Waals surface area contributed by atoms with Crippen LogP contribution in [0.15, 0.2) is 0 Å². The average molecular weight is 256 g/mol. The second-order valence-electron chi connectivity index (χ2n) is 5.51. The van der Waals surface area contributed by atoms with Crippen LogP contribution in [-0.2, 0) is 9.53 Å². The lowest BCUT2D eigenvalue weighted by molar-refractivity contribution is -0.130. The zero-order chi connectivity index (χ0) is 13.6. The number of rotatable bonds is 6. The van der Waals surface area contributed by atoms with Gasteiger partial charge in [-0.05, 0) is 37.5 Å². The van der Waals surface area contributed by atoms with E-state index in [1.807, 2.05) is 0 Å². The van der Waals surface area contributed by atoms with E-state index in [0.717, 1.165) is 25.8 Å². The summed E-state index contributed by atoms with van der Waals surface area (Å²) in [5.74, 6) is -0.00877. The lowest BCUT2D eigenvalue weighted by Gasteiger charge is -2.35. The molecule has 0 saturated carbocycles. The second-order valence-corrected chi connectivity index (χ2v) is 5.51. The Labute approximate surface area is 111 Å². The van der Waals surface area contributed by atoms with Gasteiger partial charge in [0.2, 0.25) is 5.91 Å². The second kappa shape index (κ2) is 6.53. The minimum Gasteiger partial charge on any atom is -0.381 e. The summed E-state index contributed by atoms with van der Waals surface area (Å²) in [6, 6.07) is 0. The largest absolute Gasteiger partial charge is 0.381 e. The molecule has 0 spiro atoms. The number of carbonyl (C=O) groups excluding carboxylic acids is 1. The quantitative estimate of drug-likeness (QED) is 0.762. The van der Waals surface area contributed by atoms with Crippen LogP contribution in [0.2, 0.25) is 0 Å². The van der Waals surface area contributed by atoms with Gasteiger partial charge in [-0.2, -0.15) is 0 Å². The molecule has 0 atom stereocenters. The first-order valence-corrected chi connectivity index (χ1v) is 7.17. The summed E-state index contributed by atoms with van der Waals surface area (Å²) in [5.41, 5.74) is 5.66. The Morgan fingerprint density at radius 3 is 2.17 bits per heavy atom. The molecule has 4 heteroatoms. The summed E-state index contributed by atoms with van der Waals surface area (Å²) < 4.78 is 5.26. The van der Waals surface area contributed by atoms with Crippen molar-refractivity contribution in [1.29, 1.82) is 0 Å². The van der Waals surface area contributed by atoms with Crippen LogP contribution >= 0.6 is 0 Å². The van der Waals surface area contributed by atoms with Gasteiger partial charge in [0.25, 0.3) is 0 Å². The van der Waals surface area contributed by atoms with Crippen molar-refractivity contribution in [2.45, 2.75) is 58.4 Å². The van der Waals surface area contributed by atoms with Gasteiger partial charge in [0.15, 0.2) is 0 Å². The van der Waals surface area contributed by atoms with Crippen LogP contribution in [0.4, 0.5) is 0 Å². The SMILES string of the molecule is CCC(CC)(CC)CNC(=O)C1(N)CCOCC1. The maximum Gasteiger partial charge on any atom is 0.240 e. The van der Waals surface area contributed by atoms with E-state index >= 15 is 0 Å². The molecule has 1 amide bonds. The van der Waals surface area contributed by atoms with E-state index < -0.39 is 5.54 Å². The Kier molecular flexibility index (Phi) is 5.60. The fourth-order valence-corrected chi connectivity index (χ4v) is 2.53. The van der Waals surface area contributed by atoms with Gasteiger partial charge in [-0.15, -0.1) is 0 Å². The summed E-state index contributed by atoms with van der Waals surface area (Å²) >= 11 is 0. The van der Waals surface area contributed by atoms with Crippen molar-refractivity contribution in [1.82, 2.24) is 5.32 Å². The zero-order valence-corrected chi connectivity index (χ0v) is 12.1. The first-order valence-electron chi connectivity index (χ1n) is 7.17. The van der Waals surface area contributed by atoms with Crippen molar-refractivity contribution in [2.24, 2.45) is 11.1 Å². The summed E-state index contributed by atoms with van der Waals surface area (Å²) in [4.78, 5) is 12.2. The van der Waals surface area contributed by atoms with Gasteiger partial charge in [-0.3, -0.25) is 4.79 Å². The van der Waals surface area contributed by atoms with Crippen LogP contribution in [0.1, 0.15) is 52.9 Å². The first kappa shape index (κ1) is 15.4. The van der Waals surface area contributed by atoms with Gasteiger partial charge in [-0.1, -0.05) is 20.8 Å². The molecule has 1 saturated heterocycles. The molecule has 0 aromatic rings. The highest BCUT2D eigenvalue weighted by molar-refractivity contribution is 5.86. The average Bonchev–Trinajstić information content (AvgIpc) is 2.41. The monoisotopic (exact) mass is 256 g/mol. The van der Waals surface area contributed by atoms with Gasteiger partial charge in [0.1, 0.15) is 0 Å². The predicted molar refractivity (Wildman–Crippen MR) is 73.3 cm³/mol. The zero-order valence-electron chi connectivity index (χ0n) is 12.1. The predicted octanol–water partition coefficient (Wildman–Crippen LogP) is 1.83. The van der Waals surface area contributed by atoms with Crippen LogP contribution in [-0.4, -0.2) is 31.2 Å². The molecular weight excluding hydrogens is 228 g/mol. The molecule has 18 heavy (non-hydrogen) atoms. The van der Waals surface area contributed by atoms with Crippen LogP contribution in [0.25, 0.3) is 0 Å². The third-order valence-corrected chi connectivity index (χ3v) is 4.71. The van der Waals surface area contributed by atoms with E-state index in [1.165, 1.54) is 0 Å². The Hall–Kier alpha value is -0.610. The number of hydrogen-bond donors (Lipinski definition) is 2. The number of ether oxygens (including phenoxy) is 1. The third kappa shape index (κ3) is 3.45. The highest BCUT2D eigenvalue weighted by atomic mass is 16.5. The van der Waals surface area contributed by atoms with E-state index in [1.54, 1.807) is 0 Å². The van der Waals surface area contributed by atoms with Crippen LogP contribution in [0.5, 0.6) is 0 Å². The van der Waals surface area contributed by atoms with E-state index in [0.29, 0.717) is 26.1 Å². The first-order chi connectivity index (χ1) is 8.52. The van der Waals surface area contributed by atoms with E-state index in [-0.39, 0.29) is 11.3 Å². The molecule has 0 aliphatic carbocycles. The third-order valence-electron chi connectivity index (χ3n) is 4.71. The van der Waals surface area contributed by atoms with Gasteiger partial charge >= 0.3 is 0 Å². The summed E-state index contributed by atoms with van der Waals surface area (Å²) in [6.45, 7) is 8.47. The highest BCUT2D eigenvalue weighted by Gasteiger charge is 2.36. The topological polar surface area (TPSA) is 64.4 Å². The van der Waals surface area contributed by atoms with Crippen molar-refractivity contribution < 1.29 is 9.53 Å². The molecule has 0 radical (unpaired) electrons. The van der Waals surface area contributed by atoms with Gasteiger partial charge in [0.05, 0.1) is 5.54 Å². The molecule has 1 rings (SSSR count). The van der Waals surface area contributed by atoms with Crippen LogP contribution in [0.3, 0.4) is 0 Å². The Morgan fingerprint density at radius 1 is 1.22 bits per heavy atom. The fraction of sp³-hybridized carbons (Fsp3) is 0.929. The maximum atomic E-state index is 12.2.